The lowest BCUT2D eigenvalue weighted by molar-refractivity contribution is -0.305. The van der Waals surface area contributed by atoms with E-state index in [-0.39, 0.29) is 23.9 Å². The predicted octanol–water partition coefficient (Wildman–Crippen LogP) is 1.39. The van der Waals surface area contributed by atoms with Gasteiger partial charge in [-0.05, 0) is 31.5 Å². The molecule has 18 heavy (non-hydrogen) atoms. The first-order valence-electron chi connectivity index (χ1n) is 5.40. The SMILES string of the molecule is Cc1ccc(-c2nc(C)c(CC(=O)[O-])o2)cc1F. The highest BCUT2D eigenvalue weighted by Gasteiger charge is 2.12. The Morgan fingerprint density at radius 3 is 2.78 bits per heavy atom. The lowest BCUT2D eigenvalue weighted by atomic mass is 10.1. The third-order valence-corrected chi connectivity index (χ3v) is 2.62. The minimum Gasteiger partial charge on any atom is -0.550 e. The maximum atomic E-state index is 13.4. The second-order valence-corrected chi connectivity index (χ2v) is 4.04. The maximum Gasteiger partial charge on any atom is 0.226 e. The quantitative estimate of drug-likeness (QED) is 0.823. The Hall–Kier alpha value is -2.17. The van der Waals surface area contributed by atoms with Crippen LogP contribution in [0.5, 0.6) is 0 Å². The summed E-state index contributed by atoms with van der Waals surface area (Å²) in [7, 11) is 0. The van der Waals surface area contributed by atoms with E-state index in [2.05, 4.69) is 4.98 Å². The number of aliphatic carboxylic acids is 1. The van der Waals surface area contributed by atoms with Crippen LogP contribution in [0.3, 0.4) is 0 Å². The first kappa shape index (κ1) is 12.3. The molecule has 2 aromatic rings. The number of aryl methyl sites for hydroxylation is 2. The van der Waals surface area contributed by atoms with Gasteiger partial charge in [-0.1, -0.05) is 6.07 Å². The normalized spacial score (nSPS) is 10.6. The predicted molar refractivity (Wildman–Crippen MR) is 60.1 cm³/mol. The third-order valence-electron chi connectivity index (χ3n) is 2.62. The Morgan fingerprint density at radius 1 is 1.44 bits per heavy atom. The maximum absolute atomic E-state index is 13.4. The summed E-state index contributed by atoms with van der Waals surface area (Å²) in [6, 6.07) is 4.60. The number of carboxylic acids is 1. The zero-order chi connectivity index (χ0) is 13.3. The molecule has 1 heterocycles. The fraction of sp³-hybridized carbons (Fsp3) is 0.231. The average Bonchev–Trinajstić information content (AvgIpc) is 2.63. The van der Waals surface area contributed by atoms with E-state index in [1.807, 2.05) is 0 Å². The van der Waals surface area contributed by atoms with Crippen molar-refractivity contribution in [3.63, 3.8) is 0 Å². The van der Waals surface area contributed by atoms with Crippen LogP contribution in [0.1, 0.15) is 17.0 Å². The van der Waals surface area contributed by atoms with Gasteiger partial charge in [0.1, 0.15) is 11.6 Å². The van der Waals surface area contributed by atoms with Gasteiger partial charge in [0.2, 0.25) is 5.89 Å². The molecule has 0 aliphatic carbocycles. The molecule has 0 saturated carbocycles. The molecule has 0 aliphatic rings. The average molecular weight is 248 g/mol. The standard InChI is InChI=1S/C13H12FNO3/c1-7-3-4-9(5-10(7)14)13-15-8(2)11(18-13)6-12(16)17/h3-5H,6H2,1-2H3,(H,16,17)/p-1. The number of aromatic nitrogens is 1. The number of halogens is 1. The number of rotatable bonds is 3. The zero-order valence-corrected chi connectivity index (χ0v) is 9.99. The Labute approximate surface area is 103 Å². The van der Waals surface area contributed by atoms with E-state index in [0.717, 1.165) is 0 Å². The molecule has 0 fully saturated rings. The fourth-order valence-electron chi connectivity index (χ4n) is 1.57. The summed E-state index contributed by atoms with van der Waals surface area (Å²) in [5, 5.41) is 10.5. The van der Waals surface area contributed by atoms with Gasteiger partial charge in [-0.2, -0.15) is 0 Å². The zero-order valence-electron chi connectivity index (χ0n) is 9.99. The molecule has 0 unspecified atom stereocenters. The van der Waals surface area contributed by atoms with Gasteiger partial charge >= 0.3 is 0 Å². The van der Waals surface area contributed by atoms with Crippen molar-refractivity contribution in [3.8, 4) is 11.5 Å². The highest BCUT2D eigenvalue weighted by molar-refractivity contribution is 5.67. The number of hydrogen-bond acceptors (Lipinski definition) is 4. The van der Waals surface area contributed by atoms with Crippen LogP contribution in [0.2, 0.25) is 0 Å². The number of carbonyl (C=O) groups excluding carboxylic acids is 1. The largest absolute Gasteiger partial charge is 0.550 e. The van der Waals surface area contributed by atoms with Gasteiger partial charge in [0.05, 0.1) is 5.69 Å². The van der Waals surface area contributed by atoms with Crippen LogP contribution in [-0.4, -0.2) is 11.0 Å². The summed E-state index contributed by atoms with van der Waals surface area (Å²) < 4.78 is 18.7. The molecule has 0 aliphatic heterocycles. The van der Waals surface area contributed by atoms with E-state index in [1.165, 1.54) is 6.07 Å². The van der Waals surface area contributed by atoms with Gasteiger partial charge in [-0.3, -0.25) is 0 Å². The summed E-state index contributed by atoms with van der Waals surface area (Å²) in [5.74, 6) is -1.16. The lowest BCUT2D eigenvalue weighted by Crippen LogP contribution is -2.24. The second kappa shape index (κ2) is 4.60. The highest BCUT2D eigenvalue weighted by Crippen LogP contribution is 2.23. The van der Waals surface area contributed by atoms with Crippen molar-refractivity contribution < 1.29 is 18.7 Å². The Kier molecular flexibility index (Phi) is 3.14. The number of benzene rings is 1. The topological polar surface area (TPSA) is 66.2 Å². The molecule has 5 heteroatoms. The van der Waals surface area contributed by atoms with Gasteiger partial charge < -0.3 is 14.3 Å². The van der Waals surface area contributed by atoms with Crippen LogP contribution in [0.4, 0.5) is 4.39 Å². The highest BCUT2D eigenvalue weighted by atomic mass is 19.1. The number of nitrogens with zero attached hydrogens (tertiary/aromatic N) is 1. The number of hydrogen-bond donors (Lipinski definition) is 0. The van der Waals surface area contributed by atoms with Crippen LogP contribution in [0, 0.1) is 19.7 Å². The van der Waals surface area contributed by atoms with Crippen molar-refractivity contribution >= 4 is 5.97 Å². The van der Waals surface area contributed by atoms with Crippen molar-refractivity contribution in [2.24, 2.45) is 0 Å². The van der Waals surface area contributed by atoms with Crippen LogP contribution in [0.15, 0.2) is 22.6 Å². The minimum absolute atomic E-state index is 0.211. The van der Waals surface area contributed by atoms with Gasteiger partial charge in [-0.15, -0.1) is 0 Å². The van der Waals surface area contributed by atoms with E-state index >= 15 is 0 Å². The smallest absolute Gasteiger partial charge is 0.226 e. The van der Waals surface area contributed by atoms with Crippen molar-refractivity contribution in [1.82, 2.24) is 4.98 Å². The van der Waals surface area contributed by atoms with Crippen LogP contribution >= 0.6 is 0 Å². The van der Waals surface area contributed by atoms with E-state index in [4.69, 9.17) is 4.42 Å². The number of carboxylic acid groups (broad SMARTS) is 1. The molecule has 0 spiro atoms. The van der Waals surface area contributed by atoms with Crippen LogP contribution in [0.25, 0.3) is 11.5 Å². The summed E-state index contributed by atoms with van der Waals surface area (Å²) in [4.78, 5) is 14.6. The van der Waals surface area contributed by atoms with E-state index in [0.29, 0.717) is 16.8 Å². The molecule has 0 radical (unpaired) electrons. The van der Waals surface area contributed by atoms with Crippen molar-refractivity contribution in [3.05, 3.63) is 41.0 Å². The van der Waals surface area contributed by atoms with Crippen molar-refractivity contribution in [2.45, 2.75) is 20.3 Å². The first-order valence-corrected chi connectivity index (χ1v) is 5.40. The number of carbonyl (C=O) groups is 1. The second-order valence-electron chi connectivity index (χ2n) is 4.04. The molecular formula is C13H11FNO3-. The molecule has 2 rings (SSSR count). The van der Waals surface area contributed by atoms with Gasteiger partial charge in [0, 0.05) is 18.0 Å². The van der Waals surface area contributed by atoms with Crippen LogP contribution in [-0.2, 0) is 11.2 Å². The van der Waals surface area contributed by atoms with E-state index in [1.54, 1.807) is 26.0 Å². The molecule has 0 N–H and O–H groups in total. The lowest BCUT2D eigenvalue weighted by Gasteiger charge is -1.99. The Bertz CT molecular complexity index is 604. The summed E-state index contributed by atoms with van der Waals surface area (Å²) in [6.45, 7) is 3.29. The fourth-order valence-corrected chi connectivity index (χ4v) is 1.57. The molecule has 0 bridgehead atoms. The monoisotopic (exact) mass is 248 g/mol. The Morgan fingerprint density at radius 2 is 2.17 bits per heavy atom. The first-order chi connectivity index (χ1) is 8.47. The summed E-state index contributed by atoms with van der Waals surface area (Å²) in [5.41, 5.74) is 1.47. The molecule has 0 atom stereocenters. The molecule has 4 nitrogen and oxygen atoms in total. The van der Waals surface area contributed by atoms with Gasteiger partial charge in [0.15, 0.2) is 0 Å². The minimum atomic E-state index is -1.24. The number of oxazole rings is 1. The summed E-state index contributed by atoms with van der Waals surface area (Å²) in [6.07, 6.45) is -0.340. The molecule has 0 amide bonds. The van der Waals surface area contributed by atoms with Gasteiger partial charge in [-0.25, -0.2) is 9.37 Å². The molecular weight excluding hydrogens is 237 g/mol. The molecule has 1 aromatic carbocycles. The van der Waals surface area contributed by atoms with Crippen LogP contribution < -0.4 is 5.11 Å². The third kappa shape index (κ3) is 2.40. The molecule has 0 saturated heterocycles. The van der Waals surface area contributed by atoms with Gasteiger partial charge in [0.25, 0.3) is 0 Å². The van der Waals surface area contributed by atoms with Crippen molar-refractivity contribution in [1.29, 1.82) is 0 Å². The Balaban J connectivity index is 2.39. The van der Waals surface area contributed by atoms with Crippen molar-refractivity contribution in [2.75, 3.05) is 0 Å². The molecule has 94 valence electrons. The molecule has 1 aromatic heterocycles. The summed E-state index contributed by atoms with van der Waals surface area (Å²) >= 11 is 0. The van der Waals surface area contributed by atoms with E-state index in [9.17, 15) is 14.3 Å². The van der Waals surface area contributed by atoms with E-state index < -0.39 is 5.97 Å².